The van der Waals surface area contributed by atoms with Gasteiger partial charge < -0.3 is 20.5 Å². The Kier molecular flexibility index (Phi) is 5.87. The van der Waals surface area contributed by atoms with E-state index in [1.807, 2.05) is 0 Å². The lowest BCUT2D eigenvalue weighted by Gasteiger charge is -2.23. The van der Waals surface area contributed by atoms with Gasteiger partial charge in [0, 0.05) is 7.05 Å². The van der Waals surface area contributed by atoms with Crippen LogP contribution in [0.25, 0.3) is 0 Å². The Morgan fingerprint density at radius 2 is 1.94 bits per heavy atom. The van der Waals surface area contributed by atoms with Crippen LogP contribution >= 0.6 is 12.2 Å². The third kappa shape index (κ3) is 7.51. The molecule has 0 saturated heterocycles. The van der Waals surface area contributed by atoms with Crippen LogP contribution in [0.1, 0.15) is 27.2 Å². The molecule has 0 heterocycles. The first kappa shape index (κ1) is 15.6. The number of ether oxygens (including phenoxy) is 1. The van der Waals surface area contributed by atoms with E-state index in [0.717, 1.165) is 0 Å². The van der Waals surface area contributed by atoms with Crippen molar-refractivity contribution >= 4 is 29.3 Å². The Balaban J connectivity index is 4.48. The second-order valence-electron chi connectivity index (χ2n) is 4.41. The first-order valence-corrected chi connectivity index (χ1v) is 5.49. The van der Waals surface area contributed by atoms with E-state index >= 15 is 0 Å². The number of carboxylic acid groups (broad SMARTS) is 1. The van der Waals surface area contributed by atoms with Crippen LogP contribution in [0.5, 0.6) is 0 Å². The Morgan fingerprint density at radius 3 is 2.29 bits per heavy atom. The summed E-state index contributed by atoms with van der Waals surface area (Å²) in [5.41, 5.74) is -0.640. The molecule has 98 valence electrons. The van der Waals surface area contributed by atoms with Crippen LogP contribution in [0, 0.1) is 0 Å². The third-order valence-electron chi connectivity index (χ3n) is 1.63. The lowest BCUT2D eigenvalue weighted by molar-refractivity contribution is -0.137. The van der Waals surface area contributed by atoms with Crippen molar-refractivity contribution < 1.29 is 19.4 Å². The molecule has 0 aliphatic rings. The second kappa shape index (κ2) is 6.39. The van der Waals surface area contributed by atoms with Crippen LogP contribution in [-0.4, -0.2) is 40.8 Å². The van der Waals surface area contributed by atoms with Crippen molar-refractivity contribution in [1.82, 2.24) is 10.6 Å². The molecule has 7 heteroatoms. The van der Waals surface area contributed by atoms with Gasteiger partial charge >= 0.3 is 12.1 Å². The van der Waals surface area contributed by atoms with E-state index in [9.17, 15) is 9.59 Å². The summed E-state index contributed by atoms with van der Waals surface area (Å²) in [5.74, 6) is -1.05. The number of thiocarbonyl (C=S) groups is 1. The lowest BCUT2D eigenvalue weighted by atomic mass is 10.2. The standard InChI is InChI=1S/C10H18N2O4S/c1-10(2,3)16-9(15)12-6(5-7(13)14)8(17)11-4/h6H,5H2,1-4H3,(H,11,17)(H,12,15)(H,13,14)/t6-/m0/s1. The van der Waals surface area contributed by atoms with Crippen LogP contribution < -0.4 is 10.6 Å². The van der Waals surface area contributed by atoms with Gasteiger partial charge in [0.1, 0.15) is 5.60 Å². The van der Waals surface area contributed by atoms with Gasteiger partial charge in [-0.3, -0.25) is 4.79 Å². The fourth-order valence-electron chi connectivity index (χ4n) is 1.01. The number of likely N-dealkylation sites (N-methyl/N-ethyl adjacent to an activating group) is 1. The predicted molar refractivity (Wildman–Crippen MR) is 67.1 cm³/mol. The number of hydrogen-bond acceptors (Lipinski definition) is 4. The van der Waals surface area contributed by atoms with E-state index < -0.39 is 23.7 Å². The Labute approximate surface area is 106 Å². The number of nitrogens with one attached hydrogen (secondary N) is 2. The van der Waals surface area contributed by atoms with Crippen LogP contribution in [0.3, 0.4) is 0 Å². The molecular formula is C10H18N2O4S. The molecule has 0 radical (unpaired) electrons. The van der Waals surface area contributed by atoms with E-state index in [-0.39, 0.29) is 11.4 Å². The molecule has 0 aromatic carbocycles. The molecule has 17 heavy (non-hydrogen) atoms. The number of rotatable bonds is 4. The molecular weight excluding hydrogens is 244 g/mol. The lowest BCUT2D eigenvalue weighted by Crippen LogP contribution is -2.47. The zero-order valence-corrected chi connectivity index (χ0v) is 11.2. The summed E-state index contributed by atoms with van der Waals surface area (Å²) in [6.07, 6.45) is -0.986. The van der Waals surface area contributed by atoms with Crippen molar-refractivity contribution in [1.29, 1.82) is 0 Å². The molecule has 0 aliphatic carbocycles. The highest BCUT2D eigenvalue weighted by Gasteiger charge is 2.23. The molecule has 1 atom stereocenters. The summed E-state index contributed by atoms with van der Waals surface area (Å²) in [6, 6.07) is -0.776. The minimum atomic E-state index is -1.05. The fraction of sp³-hybridized carbons (Fsp3) is 0.700. The average Bonchev–Trinajstić information content (AvgIpc) is 2.11. The van der Waals surface area contributed by atoms with Gasteiger partial charge in [0.2, 0.25) is 0 Å². The monoisotopic (exact) mass is 262 g/mol. The minimum Gasteiger partial charge on any atom is -0.481 e. The van der Waals surface area contributed by atoms with Gasteiger partial charge in [0.25, 0.3) is 0 Å². The fourth-order valence-corrected chi connectivity index (χ4v) is 1.15. The number of hydrogen-bond donors (Lipinski definition) is 3. The van der Waals surface area contributed by atoms with E-state index in [1.54, 1.807) is 27.8 Å². The molecule has 0 spiro atoms. The van der Waals surface area contributed by atoms with Crippen LogP contribution in [-0.2, 0) is 9.53 Å². The highest BCUT2D eigenvalue weighted by atomic mass is 32.1. The normalized spacial score (nSPS) is 12.5. The molecule has 0 rings (SSSR count). The number of carboxylic acids is 1. The zero-order chi connectivity index (χ0) is 13.6. The third-order valence-corrected chi connectivity index (χ3v) is 2.12. The largest absolute Gasteiger partial charge is 0.481 e. The quantitative estimate of drug-likeness (QED) is 0.652. The molecule has 0 saturated carbocycles. The van der Waals surface area contributed by atoms with Crippen LogP contribution in [0.15, 0.2) is 0 Å². The van der Waals surface area contributed by atoms with E-state index in [0.29, 0.717) is 0 Å². The molecule has 0 aromatic heterocycles. The predicted octanol–water partition coefficient (Wildman–Crippen LogP) is 0.901. The van der Waals surface area contributed by atoms with Crippen molar-refractivity contribution in [2.45, 2.75) is 38.8 Å². The summed E-state index contributed by atoms with van der Waals surface area (Å²) in [7, 11) is 1.56. The molecule has 0 bridgehead atoms. The van der Waals surface area contributed by atoms with Crippen molar-refractivity contribution in [3.8, 4) is 0 Å². The molecule has 3 N–H and O–H groups in total. The summed E-state index contributed by atoms with van der Waals surface area (Å²) in [5, 5.41) is 13.7. The molecule has 6 nitrogen and oxygen atoms in total. The molecule has 1 amide bonds. The molecule has 0 fully saturated rings. The zero-order valence-electron chi connectivity index (χ0n) is 10.4. The summed E-state index contributed by atoms with van der Waals surface area (Å²) >= 11 is 4.91. The van der Waals surface area contributed by atoms with Crippen molar-refractivity contribution in [2.75, 3.05) is 7.05 Å². The Hall–Kier alpha value is -1.37. The minimum absolute atomic E-state index is 0.248. The topological polar surface area (TPSA) is 87.7 Å². The van der Waals surface area contributed by atoms with Crippen LogP contribution in [0.2, 0.25) is 0 Å². The maximum absolute atomic E-state index is 11.5. The maximum atomic E-state index is 11.5. The number of carbonyl (C=O) groups excluding carboxylic acids is 1. The summed E-state index contributed by atoms with van der Waals surface area (Å²) in [4.78, 5) is 22.3. The van der Waals surface area contributed by atoms with Gasteiger partial charge in [0.15, 0.2) is 0 Å². The van der Waals surface area contributed by atoms with E-state index in [2.05, 4.69) is 10.6 Å². The van der Waals surface area contributed by atoms with Gasteiger partial charge in [-0.25, -0.2) is 4.79 Å². The first-order valence-electron chi connectivity index (χ1n) is 5.08. The Bertz CT molecular complexity index is 312. The second-order valence-corrected chi connectivity index (χ2v) is 4.85. The van der Waals surface area contributed by atoms with Gasteiger partial charge in [-0.1, -0.05) is 12.2 Å². The smallest absolute Gasteiger partial charge is 0.408 e. The van der Waals surface area contributed by atoms with E-state index in [1.165, 1.54) is 0 Å². The average molecular weight is 262 g/mol. The maximum Gasteiger partial charge on any atom is 0.408 e. The SMILES string of the molecule is CNC(=S)[C@H](CC(=O)O)NC(=O)OC(C)(C)C. The van der Waals surface area contributed by atoms with Gasteiger partial charge in [-0.2, -0.15) is 0 Å². The number of amides is 1. The number of alkyl carbamates (subject to hydrolysis) is 1. The molecule has 0 unspecified atom stereocenters. The van der Waals surface area contributed by atoms with E-state index in [4.69, 9.17) is 22.1 Å². The number of aliphatic carboxylic acids is 1. The van der Waals surface area contributed by atoms with Gasteiger partial charge in [-0.15, -0.1) is 0 Å². The van der Waals surface area contributed by atoms with Crippen molar-refractivity contribution in [3.63, 3.8) is 0 Å². The van der Waals surface area contributed by atoms with Crippen molar-refractivity contribution in [2.24, 2.45) is 0 Å². The molecule has 0 aromatic rings. The highest BCUT2D eigenvalue weighted by Crippen LogP contribution is 2.07. The Morgan fingerprint density at radius 1 is 1.41 bits per heavy atom. The van der Waals surface area contributed by atoms with Gasteiger partial charge in [-0.05, 0) is 20.8 Å². The first-order chi connectivity index (χ1) is 7.65. The molecule has 0 aliphatic heterocycles. The van der Waals surface area contributed by atoms with Crippen LogP contribution in [0.4, 0.5) is 4.79 Å². The number of carbonyl (C=O) groups is 2. The summed E-state index contributed by atoms with van der Waals surface area (Å²) < 4.78 is 5.01. The van der Waals surface area contributed by atoms with Gasteiger partial charge in [0.05, 0.1) is 17.5 Å². The summed E-state index contributed by atoms with van der Waals surface area (Å²) in [6.45, 7) is 5.15. The highest BCUT2D eigenvalue weighted by molar-refractivity contribution is 7.80. The van der Waals surface area contributed by atoms with Crippen molar-refractivity contribution in [3.05, 3.63) is 0 Å².